The van der Waals surface area contributed by atoms with E-state index in [2.05, 4.69) is 30.8 Å². The fourth-order valence-electron chi connectivity index (χ4n) is 4.45. The third-order valence-corrected chi connectivity index (χ3v) is 6.64. The van der Waals surface area contributed by atoms with Crippen LogP contribution in [-0.2, 0) is 11.8 Å². The molecule has 17 heteroatoms. The number of hydrogen-bond acceptors (Lipinski definition) is 11. The number of nitrogens with zero attached hydrogens (tertiary/aromatic N) is 7. The first-order valence-electron chi connectivity index (χ1n) is 12.9. The van der Waals surface area contributed by atoms with Crippen LogP contribution in [0.1, 0.15) is 0 Å². The van der Waals surface area contributed by atoms with Crippen LogP contribution < -0.4 is 38.5 Å². The van der Waals surface area contributed by atoms with Crippen LogP contribution in [0, 0.1) is 0 Å². The average Bonchev–Trinajstić information content (AvgIpc) is 3.45. The summed E-state index contributed by atoms with van der Waals surface area (Å²) in [6.45, 7) is 0.535. The summed E-state index contributed by atoms with van der Waals surface area (Å²) < 4.78 is 8.80. The van der Waals surface area contributed by atoms with Crippen LogP contribution in [0.25, 0.3) is 0 Å². The number of aromatic nitrogens is 2. The number of primary amides is 2. The minimum absolute atomic E-state index is 0.215. The van der Waals surface area contributed by atoms with Crippen LogP contribution in [0.15, 0.2) is 74.7 Å². The lowest BCUT2D eigenvalue weighted by molar-refractivity contribution is -0.498. The van der Waals surface area contributed by atoms with Crippen LogP contribution >= 0.6 is 0 Å². The van der Waals surface area contributed by atoms with E-state index in [-0.39, 0.29) is 18.1 Å². The molecule has 3 aliphatic rings. The molecule has 1 atom stereocenters. The Morgan fingerprint density at radius 3 is 2.51 bits per heavy atom. The van der Waals surface area contributed by atoms with E-state index in [0.717, 1.165) is 0 Å². The first kappa shape index (κ1) is 28.6. The van der Waals surface area contributed by atoms with E-state index in [4.69, 9.17) is 27.7 Å². The number of carbonyl (C=O) groups is 2. The number of hydrazone groups is 1. The molecule has 0 spiro atoms. The number of benzene rings is 1. The number of rotatable bonds is 5. The minimum Gasteiger partial charge on any atom is -0.491 e. The maximum absolute atomic E-state index is 11.8. The molecule has 1 aromatic carbocycles. The molecule has 3 heterocycles. The summed E-state index contributed by atoms with van der Waals surface area (Å²) in [7, 11) is 3.36. The van der Waals surface area contributed by atoms with Crippen LogP contribution in [0.3, 0.4) is 0 Å². The summed E-state index contributed by atoms with van der Waals surface area (Å²) in [5.41, 5.74) is 26.0. The Labute approximate surface area is 244 Å². The summed E-state index contributed by atoms with van der Waals surface area (Å²) in [5, 5.41) is 24.7. The van der Waals surface area contributed by atoms with Gasteiger partial charge in [0.1, 0.15) is 31.4 Å². The maximum Gasteiger partial charge on any atom is 0.320 e. The number of allylic oxidation sites excluding steroid dienone is 4. The number of urea groups is 2. The normalized spacial score (nSPS) is 21.8. The Hall–Kier alpha value is -5.97. The number of nitrogens with one attached hydrogen (secondary N) is 2. The van der Waals surface area contributed by atoms with Gasteiger partial charge in [-0.3, -0.25) is 10.4 Å². The SMILES string of the molecule is Cn1ncc(N=C2C=CC(=C3OCCN(c4ccc(N=C5C=N[N+](C)=C5N)c(NC(N)=O)c4)C3O)C=C2NC(N)=O)c1N. The standard InChI is InChI=1S/C26H29N13O4/c1-37-22(27)19(11-31-37)33-15-5-3-13(9-17(15)35-25(29)41)21-24(40)39(7-8-43-21)14-4-6-16(18(10-14)36-26(30)42)34-20-12-32-38(2)23(20)28/h3-6,9-12,24,40H,7-8H2,1-2H3,(H9,27,28,29,30,31,32,35,36,41,42)/p+1. The number of anilines is 3. The number of aliphatic hydroxyl groups is 1. The van der Waals surface area contributed by atoms with E-state index in [9.17, 15) is 14.7 Å². The van der Waals surface area contributed by atoms with Crippen molar-refractivity contribution in [3.63, 3.8) is 0 Å². The molecule has 222 valence electrons. The molecule has 0 saturated carbocycles. The van der Waals surface area contributed by atoms with E-state index in [0.29, 0.717) is 57.9 Å². The number of ether oxygens (including phenoxy) is 1. The summed E-state index contributed by atoms with van der Waals surface area (Å²) in [6, 6.07) is 3.41. The molecular formula is C26H30N13O4+. The predicted octanol–water partition coefficient (Wildman–Crippen LogP) is -0.132. The number of aliphatic hydroxyl groups excluding tert-OH is 1. The predicted molar refractivity (Wildman–Crippen MR) is 162 cm³/mol. The molecule has 1 aliphatic carbocycles. The molecule has 5 rings (SSSR count). The fraction of sp³-hybridized carbons (Fsp3) is 0.192. The number of aliphatic imine (C=N–C) groups is 2. The van der Waals surface area contributed by atoms with Gasteiger partial charge in [-0.2, -0.15) is 5.10 Å². The zero-order valence-electron chi connectivity index (χ0n) is 23.2. The molecule has 1 aromatic heterocycles. The highest BCUT2D eigenvalue weighted by Crippen LogP contribution is 2.34. The van der Waals surface area contributed by atoms with Crippen LogP contribution in [0.5, 0.6) is 0 Å². The smallest absolute Gasteiger partial charge is 0.320 e. The number of nitrogen functional groups attached to an aromatic ring is 1. The van der Waals surface area contributed by atoms with Crippen molar-refractivity contribution in [1.82, 2.24) is 15.1 Å². The molecule has 2 aliphatic heterocycles. The van der Waals surface area contributed by atoms with Gasteiger partial charge in [0, 0.05) is 18.3 Å². The summed E-state index contributed by atoms with van der Waals surface area (Å²) in [4.78, 5) is 34.2. The van der Waals surface area contributed by atoms with Gasteiger partial charge in [0.2, 0.25) is 0 Å². The molecule has 17 nitrogen and oxygen atoms in total. The number of amidine groups is 1. The molecule has 43 heavy (non-hydrogen) atoms. The molecule has 0 bridgehead atoms. The molecule has 1 unspecified atom stereocenters. The zero-order chi connectivity index (χ0) is 30.8. The topological polar surface area (TPSA) is 253 Å². The first-order chi connectivity index (χ1) is 20.5. The van der Waals surface area contributed by atoms with Crippen molar-refractivity contribution in [3.8, 4) is 0 Å². The Kier molecular flexibility index (Phi) is 7.63. The Balaban J connectivity index is 1.48. The van der Waals surface area contributed by atoms with Gasteiger partial charge in [0.05, 0.1) is 35.5 Å². The summed E-state index contributed by atoms with van der Waals surface area (Å²) in [5.74, 6) is 0.885. The monoisotopic (exact) mass is 588 g/mol. The van der Waals surface area contributed by atoms with Gasteiger partial charge in [-0.25, -0.2) is 19.6 Å². The van der Waals surface area contributed by atoms with Gasteiger partial charge >= 0.3 is 17.9 Å². The van der Waals surface area contributed by atoms with E-state index in [1.54, 1.807) is 55.4 Å². The quantitative estimate of drug-likeness (QED) is 0.231. The van der Waals surface area contributed by atoms with Crippen molar-refractivity contribution in [1.29, 1.82) is 0 Å². The van der Waals surface area contributed by atoms with E-state index >= 15 is 0 Å². The number of carbonyl (C=O) groups excluding carboxylic acids is 2. The van der Waals surface area contributed by atoms with Gasteiger partial charge in [0.25, 0.3) is 0 Å². The lowest BCUT2D eigenvalue weighted by Crippen LogP contribution is -2.44. The number of morpholine rings is 1. The highest BCUT2D eigenvalue weighted by Gasteiger charge is 2.30. The van der Waals surface area contributed by atoms with Crippen molar-refractivity contribution in [2.24, 2.45) is 39.3 Å². The highest BCUT2D eigenvalue weighted by molar-refractivity contribution is 6.62. The first-order valence-corrected chi connectivity index (χ1v) is 12.9. The van der Waals surface area contributed by atoms with Crippen molar-refractivity contribution < 1.29 is 24.1 Å². The van der Waals surface area contributed by atoms with Crippen molar-refractivity contribution >= 4 is 64.1 Å². The van der Waals surface area contributed by atoms with Crippen molar-refractivity contribution in [2.45, 2.75) is 6.23 Å². The summed E-state index contributed by atoms with van der Waals surface area (Å²) >= 11 is 0. The molecule has 1 saturated heterocycles. The van der Waals surface area contributed by atoms with E-state index in [1.807, 2.05) is 0 Å². The summed E-state index contributed by atoms with van der Waals surface area (Å²) in [6.07, 6.45) is 6.63. The van der Waals surface area contributed by atoms with E-state index < -0.39 is 18.3 Å². The van der Waals surface area contributed by atoms with Crippen LogP contribution in [-0.4, -0.2) is 81.5 Å². The van der Waals surface area contributed by atoms with Gasteiger partial charge in [-0.15, -0.1) is 4.68 Å². The van der Waals surface area contributed by atoms with Crippen molar-refractivity contribution in [2.75, 3.05) is 36.1 Å². The number of hydrogen-bond donors (Lipinski definition) is 7. The molecule has 4 amide bonds. The second-order valence-electron chi connectivity index (χ2n) is 9.49. The zero-order valence-corrected chi connectivity index (χ0v) is 23.2. The number of nitrogens with two attached hydrogens (primary N) is 4. The third kappa shape index (κ3) is 5.91. The third-order valence-electron chi connectivity index (χ3n) is 6.64. The molecule has 2 aromatic rings. The minimum atomic E-state index is -1.25. The van der Waals surface area contributed by atoms with Gasteiger partial charge in [-0.1, -0.05) is 5.10 Å². The molecule has 0 radical (unpaired) electrons. The molecular weight excluding hydrogens is 558 g/mol. The lowest BCUT2D eigenvalue weighted by atomic mass is 10.0. The second kappa shape index (κ2) is 11.5. The maximum atomic E-state index is 11.8. The Morgan fingerprint density at radius 2 is 1.86 bits per heavy atom. The van der Waals surface area contributed by atoms with E-state index in [1.165, 1.54) is 21.8 Å². The largest absolute Gasteiger partial charge is 0.491 e. The van der Waals surface area contributed by atoms with Gasteiger partial charge in [-0.05, 0) is 36.4 Å². The van der Waals surface area contributed by atoms with Gasteiger partial charge < -0.3 is 42.6 Å². The Morgan fingerprint density at radius 1 is 1.12 bits per heavy atom. The molecule has 11 N–H and O–H groups in total. The Bertz CT molecular complexity index is 1730. The van der Waals surface area contributed by atoms with Crippen LogP contribution in [0.2, 0.25) is 0 Å². The second-order valence-corrected chi connectivity index (χ2v) is 9.49. The average molecular weight is 589 g/mol. The van der Waals surface area contributed by atoms with Gasteiger partial charge in [0.15, 0.2) is 17.7 Å². The van der Waals surface area contributed by atoms with Crippen molar-refractivity contribution in [3.05, 3.63) is 59.7 Å². The fourth-order valence-corrected chi connectivity index (χ4v) is 4.45. The lowest BCUT2D eigenvalue weighted by Gasteiger charge is -2.37. The van der Waals surface area contributed by atoms with Crippen LogP contribution in [0.4, 0.5) is 38.2 Å². The number of amides is 4. The molecule has 1 fully saturated rings. The number of aryl methyl sites for hydroxylation is 1. The highest BCUT2D eigenvalue weighted by atomic mass is 16.5.